The van der Waals surface area contributed by atoms with Crippen molar-refractivity contribution in [2.45, 2.75) is 51.7 Å². The third-order valence-corrected chi connectivity index (χ3v) is 6.14. The predicted octanol–water partition coefficient (Wildman–Crippen LogP) is 2.90. The molecule has 36 heavy (non-hydrogen) atoms. The van der Waals surface area contributed by atoms with Crippen LogP contribution in [0.25, 0.3) is 0 Å². The number of likely N-dealkylation sites (tertiary alicyclic amines) is 1. The van der Waals surface area contributed by atoms with Crippen molar-refractivity contribution in [2.24, 2.45) is 11.8 Å². The number of imidazole rings is 1. The highest BCUT2D eigenvalue weighted by molar-refractivity contribution is 5.83. The van der Waals surface area contributed by atoms with E-state index in [2.05, 4.69) is 21.4 Å². The number of carbonyl (C=O) groups excluding carboxylic acids is 3. The molecule has 10 nitrogen and oxygen atoms in total. The average molecular weight is 496 g/mol. The van der Waals surface area contributed by atoms with E-state index >= 15 is 0 Å². The smallest absolute Gasteiger partial charge is 0.410 e. The standard InChI is InChI=1S/C26H33N5O5/c1-25(2,3)36-24(34)31-14-19(10-20(15-31)23(33)35-5)22(32)30-26(4,21-13-28-16-29-21)11-17-6-8-18(12-27)9-7-17/h6-9,13,16,19-20H,10-11,14-15H2,1-5H3,(H,28,29)(H,30,32). The summed E-state index contributed by atoms with van der Waals surface area (Å²) in [5.41, 5.74) is 0.580. The fraction of sp³-hybridized carbons (Fsp3) is 0.500. The van der Waals surface area contributed by atoms with E-state index in [1.54, 1.807) is 39.1 Å². The Morgan fingerprint density at radius 2 is 1.83 bits per heavy atom. The number of esters is 1. The molecule has 2 aromatic rings. The molecule has 3 unspecified atom stereocenters. The summed E-state index contributed by atoms with van der Waals surface area (Å²) < 4.78 is 10.4. The molecule has 1 saturated heterocycles. The van der Waals surface area contributed by atoms with Crippen molar-refractivity contribution in [1.82, 2.24) is 20.2 Å². The predicted molar refractivity (Wildman–Crippen MR) is 130 cm³/mol. The van der Waals surface area contributed by atoms with Crippen LogP contribution in [-0.2, 0) is 31.0 Å². The van der Waals surface area contributed by atoms with Crippen LogP contribution in [0.15, 0.2) is 36.8 Å². The number of aromatic amines is 1. The van der Waals surface area contributed by atoms with Crippen LogP contribution >= 0.6 is 0 Å². The number of hydrogen-bond acceptors (Lipinski definition) is 7. The number of nitriles is 1. The zero-order valence-corrected chi connectivity index (χ0v) is 21.3. The number of nitrogens with zero attached hydrogens (tertiary/aromatic N) is 3. The number of piperidine rings is 1. The van der Waals surface area contributed by atoms with Gasteiger partial charge < -0.3 is 24.7 Å². The second-order valence-electron chi connectivity index (χ2n) is 10.3. The van der Waals surface area contributed by atoms with Gasteiger partial charge in [-0.3, -0.25) is 9.59 Å². The summed E-state index contributed by atoms with van der Waals surface area (Å²) >= 11 is 0. The second kappa shape index (κ2) is 10.8. The molecule has 1 aromatic heterocycles. The molecule has 1 aliphatic heterocycles. The van der Waals surface area contributed by atoms with Crippen molar-refractivity contribution in [3.05, 3.63) is 53.6 Å². The molecule has 2 heterocycles. The van der Waals surface area contributed by atoms with E-state index in [-0.39, 0.29) is 25.4 Å². The van der Waals surface area contributed by atoms with Gasteiger partial charge in [-0.2, -0.15) is 5.26 Å². The molecular weight excluding hydrogens is 462 g/mol. The van der Waals surface area contributed by atoms with E-state index in [0.717, 1.165) is 5.56 Å². The van der Waals surface area contributed by atoms with Crippen LogP contribution in [-0.4, -0.2) is 58.6 Å². The Kier molecular flexibility index (Phi) is 8.03. The van der Waals surface area contributed by atoms with E-state index in [1.165, 1.54) is 18.3 Å². The highest BCUT2D eigenvalue weighted by Gasteiger charge is 2.41. The maximum absolute atomic E-state index is 13.6. The first-order valence-electron chi connectivity index (χ1n) is 11.8. The van der Waals surface area contributed by atoms with Gasteiger partial charge in [0, 0.05) is 19.5 Å². The molecule has 1 fully saturated rings. The number of H-pyrrole nitrogens is 1. The molecule has 1 aliphatic rings. The number of amides is 2. The van der Waals surface area contributed by atoms with Crippen LogP contribution < -0.4 is 5.32 Å². The molecule has 2 amide bonds. The van der Waals surface area contributed by atoms with E-state index < -0.39 is 35.0 Å². The minimum absolute atomic E-state index is 0.115. The molecule has 3 atom stereocenters. The average Bonchev–Trinajstić information content (AvgIpc) is 3.38. The van der Waals surface area contributed by atoms with E-state index in [1.807, 2.05) is 19.1 Å². The Morgan fingerprint density at radius 3 is 2.39 bits per heavy atom. The Hall–Kier alpha value is -3.87. The van der Waals surface area contributed by atoms with Crippen LogP contribution in [0.5, 0.6) is 0 Å². The summed E-state index contributed by atoms with van der Waals surface area (Å²) in [6.07, 6.45) is 3.28. The largest absolute Gasteiger partial charge is 0.469 e. The molecular formula is C26H33N5O5. The van der Waals surface area contributed by atoms with Crippen LogP contribution in [0.3, 0.4) is 0 Å². The van der Waals surface area contributed by atoms with Crippen molar-refractivity contribution < 1.29 is 23.9 Å². The minimum Gasteiger partial charge on any atom is -0.469 e. The lowest BCUT2D eigenvalue weighted by molar-refractivity contribution is -0.148. The third-order valence-electron chi connectivity index (χ3n) is 6.14. The lowest BCUT2D eigenvalue weighted by Crippen LogP contribution is -2.54. The molecule has 1 aromatic carbocycles. The minimum atomic E-state index is -0.864. The number of methoxy groups -OCH3 is 1. The number of nitrogens with one attached hydrogen (secondary N) is 2. The maximum Gasteiger partial charge on any atom is 0.410 e. The van der Waals surface area contributed by atoms with Gasteiger partial charge in [0.1, 0.15) is 5.60 Å². The first-order chi connectivity index (χ1) is 16.9. The molecule has 10 heteroatoms. The van der Waals surface area contributed by atoms with Crippen molar-refractivity contribution in [1.29, 1.82) is 5.26 Å². The van der Waals surface area contributed by atoms with Gasteiger partial charge >= 0.3 is 12.1 Å². The van der Waals surface area contributed by atoms with Crippen molar-refractivity contribution in [2.75, 3.05) is 20.2 Å². The van der Waals surface area contributed by atoms with E-state index in [4.69, 9.17) is 14.7 Å². The van der Waals surface area contributed by atoms with Crippen LogP contribution in [0, 0.1) is 23.2 Å². The lowest BCUT2D eigenvalue weighted by atomic mass is 9.85. The number of aromatic nitrogens is 2. The summed E-state index contributed by atoms with van der Waals surface area (Å²) in [7, 11) is 1.29. The Morgan fingerprint density at radius 1 is 1.17 bits per heavy atom. The topological polar surface area (TPSA) is 137 Å². The van der Waals surface area contributed by atoms with Crippen LogP contribution in [0.4, 0.5) is 4.79 Å². The first-order valence-corrected chi connectivity index (χ1v) is 11.8. The van der Waals surface area contributed by atoms with E-state index in [9.17, 15) is 14.4 Å². The van der Waals surface area contributed by atoms with Crippen molar-refractivity contribution >= 4 is 18.0 Å². The zero-order valence-electron chi connectivity index (χ0n) is 21.3. The van der Waals surface area contributed by atoms with Gasteiger partial charge in [0.2, 0.25) is 5.91 Å². The molecule has 0 aliphatic carbocycles. The molecule has 3 rings (SSSR count). The normalized spacial score (nSPS) is 19.5. The van der Waals surface area contributed by atoms with Gasteiger partial charge in [-0.15, -0.1) is 0 Å². The van der Waals surface area contributed by atoms with Gasteiger partial charge in [-0.1, -0.05) is 12.1 Å². The number of ether oxygens (including phenoxy) is 2. The fourth-order valence-electron chi connectivity index (χ4n) is 4.35. The zero-order chi connectivity index (χ0) is 26.5. The lowest BCUT2D eigenvalue weighted by Gasteiger charge is -2.38. The number of benzene rings is 1. The second-order valence-corrected chi connectivity index (χ2v) is 10.3. The molecule has 0 saturated carbocycles. The van der Waals surface area contributed by atoms with Gasteiger partial charge in [0.05, 0.1) is 54.3 Å². The molecule has 2 N–H and O–H groups in total. The Bertz CT molecular complexity index is 1120. The highest BCUT2D eigenvalue weighted by Crippen LogP contribution is 2.29. The Balaban J connectivity index is 1.84. The van der Waals surface area contributed by atoms with Crippen molar-refractivity contribution in [3.63, 3.8) is 0 Å². The monoisotopic (exact) mass is 495 g/mol. The third kappa shape index (κ3) is 6.62. The van der Waals surface area contributed by atoms with Crippen molar-refractivity contribution in [3.8, 4) is 6.07 Å². The SMILES string of the molecule is COC(=O)C1CC(C(=O)NC(C)(Cc2ccc(C#N)cc2)c2cnc[nH]2)CN(C(=O)OC(C)(C)C)C1. The van der Waals surface area contributed by atoms with Gasteiger partial charge in [0.15, 0.2) is 0 Å². The quantitative estimate of drug-likeness (QED) is 0.588. The van der Waals surface area contributed by atoms with Gasteiger partial charge in [-0.25, -0.2) is 9.78 Å². The number of hydrogen-bond donors (Lipinski definition) is 2. The molecule has 0 radical (unpaired) electrons. The van der Waals surface area contributed by atoms with E-state index in [0.29, 0.717) is 17.7 Å². The highest BCUT2D eigenvalue weighted by atomic mass is 16.6. The summed E-state index contributed by atoms with van der Waals surface area (Å²) in [6.45, 7) is 7.39. The van der Waals surface area contributed by atoms with Gasteiger partial charge in [0.25, 0.3) is 0 Å². The number of rotatable bonds is 6. The maximum atomic E-state index is 13.6. The fourth-order valence-corrected chi connectivity index (χ4v) is 4.35. The molecule has 192 valence electrons. The molecule has 0 bridgehead atoms. The van der Waals surface area contributed by atoms with Gasteiger partial charge in [-0.05, 0) is 51.8 Å². The summed E-state index contributed by atoms with van der Waals surface area (Å²) in [6, 6.07) is 9.24. The van der Waals surface area contributed by atoms with Crippen LogP contribution in [0.1, 0.15) is 50.9 Å². The number of carbonyl (C=O) groups is 3. The summed E-state index contributed by atoms with van der Waals surface area (Å²) in [5, 5.41) is 12.2. The summed E-state index contributed by atoms with van der Waals surface area (Å²) in [5.74, 6) is -2.08. The Labute approximate surface area is 211 Å². The first kappa shape index (κ1) is 26.7. The molecule has 0 spiro atoms. The van der Waals surface area contributed by atoms with Crippen LogP contribution in [0.2, 0.25) is 0 Å². The summed E-state index contributed by atoms with van der Waals surface area (Å²) in [4.78, 5) is 47.4.